The Labute approximate surface area is 70.7 Å². The van der Waals surface area contributed by atoms with Crippen molar-refractivity contribution in [2.24, 2.45) is 0 Å². The summed E-state index contributed by atoms with van der Waals surface area (Å²) in [4.78, 5) is 15.6. The highest BCUT2D eigenvalue weighted by Gasteiger charge is 2.14. The highest BCUT2D eigenvalue weighted by atomic mass is 16.1. The number of aldehydes is 1. The molecule has 0 unspecified atom stereocenters. The molecule has 0 bridgehead atoms. The van der Waals surface area contributed by atoms with Crippen molar-refractivity contribution in [2.75, 3.05) is 11.9 Å². The van der Waals surface area contributed by atoms with Gasteiger partial charge in [0.1, 0.15) is 5.82 Å². The Kier molecular flexibility index (Phi) is 1.50. The van der Waals surface area contributed by atoms with Gasteiger partial charge in [-0.25, -0.2) is 0 Å². The van der Waals surface area contributed by atoms with E-state index in [0.29, 0.717) is 0 Å². The number of anilines is 1. The lowest BCUT2D eigenvalue weighted by Gasteiger charge is -2.18. The summed E-state index contributed by atoms with van der Waals surface area (Å²) in [5.41, 5.74) is 1.86. The monoisotopic (exact) mass is 162 g/mol. The smallest absolute Gasteiger partial charge is 0.151 e. The van der Waals surface area contributed by atoms with E-state index in [9.17, 15) is 4.79 Å². The van der Waals surface area contributed by atoms with Crippen molar-refractivity contribution < 1.29 is 4.79 Å². The van der Waals surface area contributed by atoms with Gasteiger partial charge >= 0.3 is 0 Å². The quantitative estimate of drug-likeness (QED) is 0.632. The molecule has 0 saturated carbocycles. The van der Waals surface area contributed by atoms with Crippen LogP contribution in [0.4, 0.5) is 5.82 Å². The minimum atomic E-state index is 0.765. The molecule has 0 aliphatic carbocycles. The van der Waals surface area contributed by atoms with Crippen LogP contribution in [0.1, 0.15) is 15.9 Å². The van der Waals surface area contributed by atoms with Gasteiger partial charge in [-0.15, -0.1) is 0 Å². The summed E-state index contributed by atoms with van der Waals surface area (Å²) < 4.78 is 0. The van der Waals surface area contributed by atoms with Gasteiger partial charge in [-0.3, -0.25) is 4.79 Å². The van der Waals surface area contributed by atoms with Crippen LogP contribution < -0.4 is 4.90 Å². The lowest BCUT2D eigenvalue weighted by molar-refractivity contribution is 0.112. The molecule has 0 amide bonds. The normalized spacial score (nSPS) is 14.6. The number of carbonyl (C=O) groups is 1. The van der Waals surface area contributed by atoms with Crippen LogP contribution in [0.25, 0.3) is 0 Å². The SMILES string of the molecule is CN1C=CCc2c(C=O)c[nH]c21. The minimum Gasteiger partial charge on any atom is -0.347 e. The molecule has 0 fully saturated rings. The van der Waals surface area contributed by atoms with Crippen molar-refractivity contribution in [3.8, 4) is 0 Å². The van der Waals surface area contributed by atoms with E-state index in [1.165, 1.54) is 0 Å². The Morgan fingerprint density at radius 1 is 1.67 bits per heavy atom. The molecule has 0 atom stereocenters. The van der Waals surface area contributed by atoms with Crippen LogP contribution in [0, 0.1) is 0 Å². The molecular formula is C9H10N2O. The number of nitrogens with one attached hydrogen (secondary N) is 1. The molecule has 0 saturated heterocycles. The number of aromatic amines is 1. The van der Waals surface area contributed by atoms with E-state index in [0.717, 1.165) is 29.7 Å². The fourth-order valence-electron chi connectivity index (χ4n) is 1.49. The number of nitrogens with zero attached hydrogens (tertiary/aromatic N) is 1. The van der Waals surface area contributed by atoms with E-state index >= 15 is 0 Å². The maximum absolute atomic E-state index is 10.6. The van der Waals surface area contributed by atoms with E-state index in [1.807, 2.05) is 24.2 Å². The number of hydrogen-bond donors (Lipinski definition) is 1. The van der Waals surface area contributed by atoms with Crippen LogP contribution in [0.5, 0.6) is 0 Å². The fourth-order valence-corrected chi connectivity index (χ4v) is 1.49. The van der Waals surface area contributed by atoms with Crippen molar-refractivity contribution in [1.82, 2.24) is 4.98 Å². The Morgan fingerprint density at radius 2 is 2.50 bits per heavy atom. The van der Waals surface area contributed by atoms with E-state index in [1.54, 1.807) is 6.20 Å². The fraction of sp³-hybridized carbons (Fsp3) is 0.222. The molecular weight excluding hydrogens is 152 g/mol. The zero-order valence-corrected chi connectivity index (χ0v) is 6.87. The molecule has 1 aliphatic rings. The Morgan fingerprint density at radius 3 is 3.25 bits per heavy atom. The van der Waals surface area contributed by atoms with Crippen LogP contribution in [0.3, 0.4) is 0 Å². The third-order valence-electron chi connectivity index (χ3n) is 2.13. The summed E-state index contributed by atoms with van der Waals surface area (Å²) in [7, 11) is 1.96. The molecule has 3 nitrogen and oxygen atoms in total. The number of aromatic nitrogens is 1. The van der Waals surface area contributed by atoms with E-state index in [2.05, 4.69) is 4.98 Å². The molecule has 1 aromatic rings. The second-order valence-electron chi connectivity index (χ2n) is 2.89. The lowest BCUT2D eigenvalue weighted by Crippen LogP contribution is -2.13. The van der Waals surface area contributed by atoms with Crippen LogP contribution >= 0.6 is 0 Å². The first-order chi connectivity index (χ1) is 5.83. The van der Waals surface area contributed by atoms with Crippen molar-refractivity contribution >= 4 is 12.1 Å². The van der Waals surface area contributed by atoms with Gasteiger partial charge in [-0.05, 0) is 6.42 Å². The third-order valence-corrected chi connectivity index (χ3v) is 2.13. The molecule has 62 valence electrons. The first kappa shape index (κ1) is 7.16. The predicted octanol–water partition coefficient (Wildman–Crippen LogP) is 1.33. The van der Waals surface area contributed by atoms with Gasteiger partial charge in [0.2, 0.25) is 0 Å². The number of carbonyl (C=O) groups excluding carboxylic acids is 1. The van der Waals surface area contributed by atoms with Gasteiger partial charge in [0, 0.05) is 30.6 Å². The molecule has 3 heteroatoms. The molecule has 1 aromatic heterocycles. The van der Waals surface area contributed by atoms with Gasteiger partial charge in [0.05, 0.1) is 0 Å². The van der Waals surface area contributed by atoms with Crippen LogP contribution in [-0.4, -0.2) is 18.3 Å². The van der Waals surface area contributed by atoms with Gasteiger partial charge in [-0.1, -0.05) is 6.08 Å². The average molecular weight is 162 g/mol. The molecule has 0 radical (unpaired) electrons. The number of rotatable bonds is 1. The van der Waals surface area contributed by atoms with Crippen LogP contribution in [0.15, 0.2) is 18.5 Å². The first-order valence-corrected chi connectivity index (χ1v) is 3.88. The van der Waals surface area contributed by atoms with Gasteiger partial charge in [-0.2, -0.15) is 0 Å². The maximum Gasteiger partial charge on any atom is 0.151 e. The summed E-state index contributed by atoms with van der Waals surface area (Å²) >= 11 is 0. The van der Waals surface area contributed by atoms with Crippen LogP contribution in [0.2, 0.25) is 0 Å². The summed E-state index contributed by atoms with van der Waals surface area (Å²) in [6.07, 6.45) is 7.53. The van der Waals surface area contributed by atoms with Crippen molar-refractivity contribution in [3.63, 3.8) is 0 Å². The molecule has 2 heterocycles. The zero-order chi connectivity index (χ0) is 8.55. The summed E-state index contributed by atoms with van der Waals surface area (Å²) in [5.74, 6) is 1.03. The Balaban J connectivity index is 2.52. The van der Waals surface area contributed by atoms with Crippen molar-refractivity contribution in [1.29, 1.82) is 0 Å². The number of H-pyrrole nitrogens is 1. The summed E-state index contributed by atoms with van der Waals surface area (Å²) in [5, 5.41) is 0. The predicted molar refractivity (Wildman–Crippen MR) is 47.4 cm³/mol. The van der Waals surface area contributed by atoms with E-state index in [4.69, 9.17) is 0 Å². The van der Waals surface area contributed by atoms with Gasteiger partial charge < -0.3 is 9.88 Å². The summed E-state index contributed by atoms with van der Waals surface area (Å²) in [6.45, 7) is 0. The number of fused-ring (bicyclic) bond motifs is 1. The highest BCUT2D eigenvalue weighted by Crippen LogP contribution is 2.25. The van der Waals surface area contributed by atoms with Crippen LogP contribution in [-0.2, 0) is 6.42 Å². The van der Waals surface area contributed by atoms with Crippen molar-refractivity contribution in [2.45, 2.75) is 6.42 Å². The topological polar surface area (TPSA) is 36.1 Å². The van der Waals surface area contributed by atoms with Crippen molar-refractivity contribution in [3.05, 3.63) is 29.6 Å². The Hall–Kier alpha value is -1.51. The second kappa shape index (κ2) is 2.52. The number of allylic oxidation sites excluding steroid dienone is 1. The first-order valence-electron chi connectivity index (χ1n) is 3.88. The minimum absolute atomic E-state index is 0.765. The molecule has 12 heavy (non-hydrogen) atoms. The molecule has 0 aromatic carbocycles. The molecule has 1 N–H and O–H groups in total. The van der Waals surface area contributed by atoms with E-state index in [-0.39, 0.29) is 0 Å². The standard InChI is InChI=1S/C9H10N2O/c1-11-4-2-3-8-7(6-12)5-10-9(8)11/h2,4-6,10H,3H2,1H3. The Bertz CT molecular complexity index is 338. The van der Waals surface area contributed by atoms with E-state index < -0.39 is 0 Å². The third kappa shape index (κ3) is 0.863. The zero-order valence-electron chi connectivity index (χ0n) is 6.87. The second-order valence-corrected chi connectivity index (χ2v) is 2.89. The lowest BCUT2D eigenvalue weighted by atomic mass is 10.1. The number of hydrogen-bond acceptors (Lipinski definition) is 2. The summed E-state index contributed by atoms with van der Waals surface area (Å²) in [6, 6.07) is 0. The van der Waals surface area contributed by atoms with Gasteiger partial charge in [0.25, 0.3) is 0 Å². The largest absolute Gasteiger partial charge is 0.347 e. The molecule has 0 spiro atoms. The molecule has 1 aliphatic heterocycles. The van der Waals surface area contributed by atoms with Gasteiger partial charge in [0.15, 0.2) is 6.29 Å². The molecule has 2 rings (SSSR count). The maximum atomic E-state index is 10.6. The highest BCUT2D eigenvalue weighted by molar-refractivity contribution is 5.81. The average Bonchev–Trinajstić information content (AvgIpc) is 2.49.